The number of allylic oxidation sites excluding steroid dienone is 1. The lowest BCUT2D eigenvalue weighted by Gasteiger charge is -2.22. The van der Waals surface area contributed by atoms with E-state index in [0.29, 0.717) is 18.4 Å². The Bertz CT molecular complexity index is 462. The van der Waals surface area contributed by atoms with Gasteiger partial charge in [-0.2, -0.15) is 0 Å². The average Bonchev–Trinajstić information content (AvgIpc) is 2.52. The van der Waals surface area contributed by atoms with Crippen molar-refractivity contribution in [3.8, 4) is 5.88 Å². The monoisotopic (exact) mass is 272 g/mol. The molecule has 108 valence electrons. The molecular weight excluding hydrogens is 248 g/mol. The fourth-order valence-electron chi connectivity index (χ4n) is 2.36. The van der Waals surface area contributed by atoms with Crippen molar-refractivity contribution in [2.75, 3.05) is 19.7 Å². The van der Waals surface area contributed by atoms with Crippen LogP contribution in [0.2, 0.25) is 0 Å². The molecule has 3 nitrogen and oxygen atoms in total. The third-order valence-corrected chi connectivity index (χ3v) is 3.50. The Morgan fingerprint density at radius 2 is 2.25 bits per heavy atom. The zero-order valence-electron chi connectivity index (χ0n) is 12.3. The Labute approximate surface area is 121 Å². The molecule has 0 radical (unpaired) electrons. The lowest BCUT2D eigenvalue weighted by molar-refractivity contribution is 0.338. The van der Waals surface area contributed by atoms with Crippen LogP contribution >= 0.6 is 0 Å². The second-order valence-corrected chi connectivity index (χ2v) is 5.18. The minimum atomic E-state index is 0.499. The second-order valence-electron chi connectivity index (χ2n) is 5.18. The quantitative estimate of drug-likeness (QED) is 0.805. The normalized spacial score (nSPS) is 16.4. The Kier molecular flexibility index (Phi) is 5.81. The van der Waals surface area contributed by atoms with E-state index in [-0.39, 0.29) is 0 Å². The van der Waals surface area contributed by atoms with Crippen molar-refractivity contribution in [3.05, 3.63) is 48.2 Å². The molecule has 1 aliphatic rings. The van der Waals surface area contributed by atoms with Crippen molar-refractivity contribution >= 4 is 0 Å². The Balaban J connectivity index is 1.92. The topological polar surface area (TPSA) is 34.1 Å². The van der Waals surface area contributed by atoms with Crippen LogP contribution in [0.4, 0.5) is 0 Å². The molecule has 1 aromatic rings. The Hall–Kier alpha value is -1.61. The minimum absolute atomic E-state index is 0.499. The molecule has 1 aliphatic heterocycles. The van der Waals surface area contributed by atoms with Crippen molar-refractivity contribution in [1.82, 2.24) is 10.3 Å². The molecule has 1 aromatic heterocycles. The molecule has 0 bridgehead atoms. The average molecular weight is 272 g/mol. The Morgan fingerprint density at radius 3 is 3.00 bits per heavy atom. The zero-order chi connectivity index (χ0) is 14.2. The van der Waals surface area contributed by atoms with Crippen LogP contribution in [0.1, 0.15) is 37.8 Å². The van der Waals surface area contributed by atoms with Crippen LogP contribution in [0, 0.1) is 0 Å². The maximum atomic E-state index is 5.72. The van der Waals surface area contributed by atoms with E-state index in [9.17, 15) is 0 Å². The molecule has 0 saturated carbocycles. The number of nitrogens with zero attached hydrogens (tertiary/aromatic N) is 1. The van der Waals surface area contributed by atoms with Crippen molar-refractivity contribution in [2.45, 2.75) is 32.1 Å². The molecule has 1 N–H and O–H groups in total. The summed E-state index contributed by atoms with van der Waals surface area (Å²) in [4.78, 5) is 4.63. The van der Waals surface area contributed by atoms with E-state index in [1.165, 1.54) is 0 Å². The molecule has 0 aromatic carbocycles. The van der Waals surface area contributed by atoms with Gasteiger partial charge >= 0.3 is 0 Å². The SMILES string of the molecule is C=C(/C=C\CC)COc1cccc(C2CCNCC2)n1. The highest BCUT2D eigenvalue weighted by Crippen LogP contribution is 2.24. The van der Waals surface area contributed by atoms with Crippen LogP contribution in [-0.4, -0.2) is 24.7 Å². The molecule has 0 amide bonds. The first-order valence-corrected chi connectivity index (χ1v) is 7.44. The van der Waals surface area contributed by atoms with Gasteiger partial charge in [-0.15, -0.1) is 0 Å². The molecule has 2 heterocycles. The van der Waals surface area contributed by atoms with Gasteiger partial charge < -0.3 is 10.1 Å². The van der Waals surface area contributed by atoms with Gasteiger partial charge in [0, 0.05) is 17.7 Å². The number of hydrogen-bond donors (Lipinski definition) is 1. The number of ether oxygens (including phenoxy) is 1. The maximum Gasteiger partial charge on any atom is 0.213 e. The predicted molar refractivity (Wildman–Crippen MR) is 83.1 cm³/mol. The largest absolute Gasteiger partial charge is 0.473 e. The van der Waals surface area contributed by atoms with Crippen molar-refractivity contribution in [3.63, 3.8) is 0 Å². The summed E-state index contributed by atoms with van der Waals surface area (Å²) in [5, 5.41) is 3.38. The summed E-state index contributed by atoms with van der Waals surface area (Å²) >= 11 is 0. The molecule has 0 aliphatic carbocycles. The van der Waals surface area contributed by atoms with Crippen LogP contribution < -0.4 is 10.1 Å². The second kappa shape index (κ2) is 7.85. The van der Waals surface area contributed by atoms with Gasteiger partial charge in [-0.3, -0.25) is 0 Å². The van der Waals surface area contributed by atoms with E-state index >= 15 is 0 Å². The van der Waals surface area contributed by atoms with Crippen LogP contribution in [0.5, 0.6) is 5.88 Å². The lowest BCUT2D eigenvalue weighted by atomic mass is 9.94. The van der Waals surface area contributed by atoms with Crippen molar-refractivity contribution in [1.29, 1.82) is 0 Å². The summed E-state index contributed by atoms with van der Waals surface area (Å²) in [6.07, 6.45) is 7.43. The van der Waals surface area contributed by atoms with Gasteiger partial charge in [0.2, 0.25) is 5.88 Å². The van der Waals surface area contributed by atoms with Crippen LogP contribution in [-0.2, 0) is 0 Å². The molecule has 2 rings (SSSR count). The lowest BCUT2D eigenvalue weighted by Crippen LogP contribution is -2.27. The molecule has 0 spiro atoms. The zero-order valence-corrected chi connectivity index (χ0v) is 12.3. The predicted octanol–water partition coefficient (Wildman–Crippen LogP) is 3.45. The summed E-state index contributed by atoms with van der Waals surface area (Å²) in [6, 6.07) is 6.06. The summed E-state index contributed by atoms with van der Waals surface area (Å²) in [5.41, 5.74) is 2.12. The van der Waals surface area contributed by atoms with E-state index in [1.807, 2.05) is 18.2 Å². The molecule has 20 heavy (non-hydrogen) atoms. The molecule has 1 fully saturated rings. The molecule has 0 unspecified atom stereocenters. The van der Waals surface area contributed by atoms with Gasteiger partial charge in [-0.05, 0) is 44.0 Å². The fourth-order valence-corrected chi connectivity index (χ4v) is 2.36. The van der Waals surface area contributed by atoms with E-state index in [0.717, 1.165) is 43.6 Å². The smallest absolute Gasteiger partial charge is 0.213 e. The van der Waals surface area contributed by atoms with Crippen molar-refractivity contribution in [2.24, 2.45) is 0 Å². The molecule has 3 heteroatoms. The van der Waals surface area contributed by atoms with E-state index in [4.69, 9.17) is 4.74 Å². The summed E-state index contributed by atoms with van der Waals surface area (Å²) in [7, 11) is 0. The van der Waals surface area contributed by atoms with Gasteiger partial charge in [0.05, 0.1) is 0 Å². The first kappa shape index (κ1) is 14.8. The molecular formula is C17H24N2O. The standard InChI is InChI=1S/C17H24N2O/c1-3-4-6-14(2)13-20-17-8-5-7-16(19-17)15-9-11-18-12-10-15/h4-8,15,18H,2-3,9-13H2,1H3/b6-4-. The van der Waals surface area contributed by atoms with Crippen LogP contribution in [0.25, 0.3) is 0 Å². The summed E-state index contributed by atoms with van der Waals surface area (Å²) in [6.45, 7) is 8.74. The van der Waals surface area contributed by atoms with Gasteiger partial charge in [-0.25, -0.2) is 4.98 Å². The van der Waals surface area contributed by atoms with Crippen LogP contribution in [0.15, 0.2) is 42.5 Å². The third-order valence-electron chi connectivity index (χ3n) is 3.50. The number of aromatic nitrogens is 1. The van der Waals surface area contributed by atoms with Crippen LogP contribution in [0.3, 0.4) is 0 Å². The molecule has 0 atom stereocenters. The van der Waals surface area contributed by atoms with E-state index in [2.05, 4.69) is 35.9 Å². The van der Waals surface area contributed by atoms with Gasteiger partial charge in [0.25, 0.3) is 0 Å². The highest BCUT2D eigenvalue weighted by Gasteiger charge is 2.16. The number of nitrogens with one attached hydrogen (secondary N) is 1. The van der Waals surface area contributed by atoms with Gasteiger partial charge in [0.1, 0.15) is 6.61 Å². The minimum Gasteiger partial charge on any atom is -0.473 e. The number of piperidine rings is 1. The van der Waals surface area contributed by atoms with E-state index in [1.54, 1.807) is 0 Å². The highest BCUT2D eigenvalue weighted by molar-refractivity contribution is 5.21. The number of pyridine rings is 1. The number of rotatable bonds is 6. The summed E-state index contributed by atoms with van der Waals surface area (Å²) in [5.74, 6) is 1.26. The maximum absolute atomic E-state index is 5.72. The first-order chi connectivity index (χ1) is 9.79. The summed E-state index contributed by atoms with van der Waals surface area (Å²) < 4.78 is 5.72. The fraction of sp³-hybridized carbons (Fsp3) is 0.471. The van der Waals surface area contributed by atoms with Crippen molar-refractivity contribution < 1.29 is 4.74 Å². The third kappa shape index (κ3) is 4.49. The Morgan fingerprint density at radius 1 is 1.45 bits per heavy atom. The number of hydrogen-bond acceptors (Lipinski definition) is 3. The van der Waals surface area contributed by atoms with Gasteiger partial charge in [-0.1, -0.05) is 31.7 Å². The van der Waals surface area contributed by atoms with Gasteiger partial charge in [0.15, 0.2) is 0 Å². The highest BCUT2D eigenvalue weighted by atomic mass is 16.5. The van der Waals surface area contributed by atoms with E-state index < -0.39 is 0 Å². The molecule has 1 saturated heterocycles. The first-order valence-electron chi connectivity index (χ1n) is 7.44.